The third-order valence-corrected chi connectivity index (χ3v) is 4.10. The van der Waals surface area contributed by atoms with Crippen molar-refractivity contribution in [2.45, 2.75) is 44.2 Å². The molecule has 0 spiro atoms. The molecule has 2 N–H and O–H groups in total. The van der Waals surface area contributed by atoms with Gasteiger partial charge in [0.05, 0.1) is 0 Å². The lowest BCUT2D eigenvalue weighted by atomic mass is 10.2. The third kappa shape index (κ3) is 4.43. The zero-order valence-corrected chi connectivity index (χ0v) is 9.94. The highest BCUT2D eigenvalue weighted by molar-refractivity contribution is 7.99. The fraction of sp³-hybridized carbons (Fsp3) is 0.909. The first-order chi connectivity index (χ1) is 7.34. The summed E-state index contributed by atoms with van der Waals surface area (Å²) in [5.41, 5.74) is 0. The SMILES string of the molecule is O=C(CCNC1CCCSC1)NC1CC1. The highest BCUT2D eigenvalue weighted by Gasteiger charge is 2.22. The Morgan fingerprint density at radius 2 is 2.13 bits per heavy atom. The molecule has 1 aliphatic carbocycles. The molecule has 2 fully saturated rings. The van der Waals surface area contributed by atoms with E-state index in [0.717, 1.165) is 6.54 Å². The quantitative estimate of drug-likeness (QED) is 0.741. The summed E-state index contributed by atoms with van der Waals surface area (Å²) in [5, 5.41) is 6.47. The van der Waals surface area contributed by atoms with Crippen molar-refractivity contribution in [3.05, 3.63) is 0 Å². The molecular weight excluding hydrogens is 208 g/mol. The molecule has 1 saturated carbocycles. The first kappa shape index (κ1) is 11.3. The van der Waals surface area contributed by atoms with Crippen LogP contribution in [0.15, 0.2) is 0 Å². The molecule has 15 heavy (non-hydrogen) atoms. The Hall–Kier alpha value is -0.220. The highest BCUT2D eigenvalue weighted by atomic mass is 32.2. The van der Waals surface area contributed by atoms with Gasteiger partial charge in [-0.3, -0.25) is 4.79 Å². The maximum atomic E-state index is 11.4. The van der Waals surface area contributed by atoms with Gasteiger partial charge in [-0.05, 0) is 31.4 Å². The van der Waals surface area contributed by atoms with Gasteiger partial charge >= 0.3 is 0 Å². The number of nitrogens with one attached hydrogen (secondary N) is 2. The van der Waals surface area contributed by atoms with Gasteiger partial charge < -0.3 is 10.6 Å². The largest absolute Gasteiger partial charge is 0.353 e. The molecule has 0 aromatic rings. The molecule has 0 aromatic heterocycles. The number of hydrogen-bond acceptors (Lipinski definition) is 3. The van der Waals surface area contributed by atoms with Crippen LogP contribution >= 0.6 is 11.8 Å². The Balaban J connectivity index is 1.51. The molecule has 0 bridgehead atoms. The summed E-state index contributed by atoms with van der Waals surface area (Å²) in [6.07, 6.45) is 5.59. The molecule has 1 atom stereocenters. The molecule has 4 heteroatoms. The van der Waals surface area contributed by atoms with Crippen molar-refractivity contribution >= 4 is 17.7 Å². The summed E-state index contributed by atoms with van der Waals surface area (Å²) < 4.78 is 0. The van der Waals surface area contributed by atoms with E-state index in [9.17, 15) is 4.79 Å². The number of hydrogen-bond donors (Lipinski definition) is 2. The van der Waals surface area contributed by atoms with Crippen LogP contribution in [0.4, 0.5) is 0 Å². The minimum Gasteiger partial charge on any atom is -0.353 e. The molecule has 2 aliphatic rings. The monoisotopic (exact) mass is 228 g/mol. The second kappa shape index (κ2) is 5.75. The lowest BCUT2D eigenvalue weighted by Gasteiger charge is -2.22. The third-order valence-electron chi connectivity index (χ3n) is 2.89. The summed E-state index contributed by atoms with van der Waals surface area (Å²) in [5.74, 6) is 2.73. The van der Waals surface area contributed by atoms with Gasteiger partial charge in [-0.2, -0.15) is 11.8 Å². The molecule has 1 aliphatic heterocycles. The molecule has 2 rings (SSSR count). The molecule has 1 saturated heterocycles. The van der Waals surface area contributed by atoms with Crippen LogP contribution in [0.25, 0.3) is 0 Å². The number of carbonyl (C=O) groups is 1. The number of thioether (sulfide) groups is 1. The van der Waals surface area contributed by atoms with E-state index in [0.29, 0.717) is 18.5 Å². The van der Waals surface area contributed by atoms with E-state index < -0.39 is 0 Å². The van der Waals surface area contributed by atoms with E-state index in [4.69, 9.17) is 0 Å². The van der Waals surface area contributed by atoms with Gasteiger partial charge in [0.15, 0.2) is 0 Å². The molecule has 1 amide bonds. The Bertz CT molecular complexity index is 213. The van der Waals surface area contributed by atoms with Crippen LogP contribution in [0.3, 0.4) is 0 Å². The average Bonchev–Trinajstić information content (AvgIpc) is 3.03. The molecule has 1 heterocycles. The molecule has 86 valence electrons. The summed E-state index contributed by atoms with van der Waals surface area (Å²) in [6.45, 7) is 0.837. The van der Waals surface area contributed by atoms with Gasteiger partial charge in [-0.25, -0.2) is 0 Å². The van der Waals surface area contributed by atoms with Crippen molar-refractivity contribution in [2.75, 3.05) is 18.1 Å². The van der Waals surface area contributed by atoms with E-state index in [2.05, 4.69) is 10.6 Å². The first-order valence-corrected chi connectivity index (χ1v) is 7.10. The van der Waals surface area contributed by atoms with E-state index in [1.54, 1.807) is 0 Å². The molecule has 0 radical (unpaired) electrons. The van der Waals surface area contributed by atoms with Crippen molar-refractivity contribution < 1.29 is 4.79 Å². The summed E-state index contributed by atoms with van der Waals surface area (Å²) >= 11 is 2.02. The lowest BCUT2D eigenvalue weighted by Crippen LogP contribution is -2.37. The summed E-state index contributed by atoms with van der Waals surface area (Å²) in [6, 6.07) is 1.14. The summed E-state index contributed by atoms with van der Waals surface area (Å²) in [4.78, 5) is 11.4. The Morgan fingerprint density at radius 3 is 2.80 bits per heavy atom. The van der Waals surface area contributed by atoms with Crippen LogP contribution < -0.4 is 10.6 Å². The number of carbonyl (C=O) groups excluding carboxylic acids is 1. The van der Waals surface area contributed by atoms with Crippen LogP contribution in [0.2, 0.25) is 0 Å². The van der Waals surface area contributed by atoms with Crippen LogP contribution in [-0.4, -0.2) is 36.0 Å². The van der Waals surface area contributed by atoms with Gasteiger partial charge in [-0.15, -0.1) is 0 Å². The van der Waals surface area contributed by atoms with Gasteiger partial charge in [0.2, 0.25) is 5.91 Å². The normalized spacial score (nSPS) is 26.3. The Kier molecular flexibility index (Phi) is 4.32. The first-order valence-electron chi connectivity index (χ1n) is 5.95. The van der Waals surface area contributed by atoms with E-state index in [1.807, 2.05) is 11.8 Å². The van der Waals surface area contributed by atoms with Gasteiger partial charge in [0.1, 0.15) is 0 Å². The lowest BCUT2D eigenvalue weighted by molar-refractivity contribution is -0.121. The van der Waals surface area contributed by atoms with Crippen molar-refractivity contribution in [3.63, 3.8) is 0 Å². The Labute approximate surface area is 95.8 Å². The van der Waals surface area contributed by atoms with Gasteiger partial charge in [0, 0.05) is 30.8 Å². The van der Waals surface area contributed by atoms with Crippen molar-refractivity contribution in [1.82, 2.24) is 10.6 Å². The second-order valence-electron chi connectivity index (χ2n) is 4.46. The zero-order chi connectivity index (χ0) is 10.5. The van der Waals surface area contributed by atoms with Crippen molar-refractivity contribution in [1.29, 1.82) is 0 Å². The predicted octanol–water partition coefficient (Wildman–Crippen LogP) is 1.14. The van der Waals surface area contributed by atoms with Crippen LogP contribution in [0.5, 0.6) is 0 Å². The maximum absolute atomic E-state index is 11.4. The van der Waals surface area contributed by atoms with E-state index >= 15 is 0 Å². The summed E-state index contributed by atoms with van der Waals surface area (Å²) in [7, 11) is 0. The fourth-order valence-electron chi connectivity index (χ4n) is 1.82. The topological polar surface area (TPSA) is 41.1 Å². The molecule has 1 unspecified atom stereocenters. The number of amides is 1. The zero-order valence-electron chi connectivity index (χ0n) is 9.13. The fourth-order valence-corrected chi connectivity index (χ4v) is 2.93. The van der Waals surface area contributed by atoms with Crippen LogP contribution in [-0.2, 0) is 4.79 Å². The predicted molar refractivity (Wildman–Crippen MR) is 64.1 cm³/mol. The maximum Gasteiger partial charge on any atom is 0.221 e. The van der Waals surface area contributed by atoms with Crippen LogP contribution in [0.1, 0.15) is 32.1 Å². The number of rotatable bonds is 5. The second-order valence-corrected chi connectivity index (χ2v) is 5.61. The smallest absolute Gasteiger partial charge is 0.221 e. The highest BCUT2D eigenvalue weighted by Crippen LogP contribution is 2.18. The van der Waals surface area contributed by atoms with Gasteiger partial charge in [-0.1, -0.05) is 0 Å². The Morgan fingerprint density at radius 1 is 1.27 bits per heavy atom. The van der Waals surface area contributed by atoms with Crippen molar-refractivity contribution in [2.24, 2.45) is 0 Å². The molecule has 3 nitrogen and oxygen atoms in total. The van der Waals surface area contributed by atoms with Gasteiger partial charge in [0.25, 0.3) is 0 Å². The minimum atomic E-state index is 0.216. The molecular formula is C11H20N2OS. The van der Waals surface area contributed by atoms with E-state index in [-0.39, 0.29) is 5.91 Å². The van der Waals surface area contributed by atoms with Crippen molar-refractivity contribution in [3.8, 4) is 0 Å². The molecule has 0 aromatic carbocycles. The minimum absolute atomic E-state index is 0.216. The average molecular weight is 228 g/mol. The standard InChI is InChI=1S/C11H20N2OS/c14-11(13-9-3-4-9)5-6-12-10-2-1-7-15-8-10/h9-10,12H,1-8H2,(H,13,14). The van der Waals surface area contributed by atoms with E-state index in [1.165, 1.54) is 37.2 Å². The van der Waals surface area contributed by atoms with Crippen LogP contribution in [0, 0.1) is 0 Å².